The molecule has 0 bridgehead atoms. The van der Waals surface area contributed by atoms with Crippen molar-refractivity contribution in [3.05, 3.63) is 90.5 Å². The van der Waals surface area contributed by atoms with Gasteiger partial charge in [-0.1, -0.05) is 99.1 Å². The van der Waals surface area contributed by atoms with E-state index < -0.39 is 36.1 Å². The smallest absolute Gasteiger partial charge is 0.296 e. The predicted octanol–water partition coefficient (Wildman–Crippen LogP) is 4.61. The fraction of sp³-hybridized carbons (Fsp3) is 0.406. The molecule has 0 radical (unpaired) electrons. The molecule has 2 aliphatic rings. The molecule has 3 aromatic carbocycles. The topological polar surface area (TPSA) is 72.9 Å². The van der Waals surface area contributed by atoms with Gasteiger partial charge in [-0.05, 0) is 40.9 Å². The first-order valence-corrected chi connectivity index (χ1v) is 17.4. The van der Waals surface area contributed by atoms with Crippen LogP contribution in [0.1, 0.15) is 39.2 Å². The lowest BCUT2D eigenvalue weighted by Gasteiger charge is -2.45. The zero-order valence-electron chi connectivity index (χ0n) is 24.0. The normalized spacial score (nSPS) is 23.1. The van der Waals surface area contributed by atoms with E-state index in [0.717, 1.165) is 15.9 Å². The van der Waals surface area contributed by atoms with E-state index >= 15 is 0 Å². The fourth-order valence-electron chi connectivity index (χ4n) is 6.54. The van der Waals surface area contributed by atoms with Crippen LogP contribution in [0.5, 0.6) is 0 Å². The number of fused-ring (bicyclic) bond motifs is 1. The van der Waals surface area contributed by atoms with E-state index in [-0.39, 0.29) is 48.4 Å². The Hall–Kier alpha value is -2.85. The van der Waals surface area contributed by atoms with Gasteiger partial charge in [-0.15, -0.1) is 0 Å². The Morgan fingerprint density at radius 1 is 0.927 bits per heavy atom. The quantitative estimate of drug-likeness (QED) is 0.267. The molecule has 0 saturated carbocycles. The van der Waals surface area contributed by atoms with E-state index in [9.17, 15) is 17.6 Å². The predicted molar refractivity (Wildman–Crippen MR) is 160 cm³/mol. The highest BCUT2D eigenvalue weighted by Gasteiger charge is 2.59. The lowest BCUT2D eigenvalue weighted by molar-refractivity contribution is -0.133. The number of rotatable bonds is 9. The molecule has 218 valence electrons. The molecule has 41 heavy (non-hydrogen) atoms. The van der Waals surface area contributed by atoms with Crippen LogP contribution in [0.4, 0.5) is 4.39 Å². The van der Waals surface area contributed by atoms with Gasteiger partial charge in [0.15, 0.2) is 0 Å². The Labute approximate surface area is 243 Å². The number of carbonyl (C=O) groups excluding carboxylic acids is 1. The monoisotopic (exact) mass is 595 g/mol. The summed E-state index contributed by atoms with van der Waals surface area (Å²) in [4.78, 5) is 15.2. The van der Waals surface area contributed by atoms with Crippen molar-refractivity contribution in [2.75, 3.05) is 19.8 Å². The molecule has 0 aliphatic carbocycles. The maximum atomic E-state index is 15.0. The van der Waals surface area contributed by atoms with Gasteiger partial charge in [-0.3, -0.25) is 8.98 Å². The Balaban J connectivity index is 1.44. The second-order valence-electron chi connectivity index (χ2n) is 12.4. The second-order valence-corrected chi connectivity index (χ2v) is 18.3. The molecule has 3 aromatic rings. The maximum absolute atomic E-state index is 15.0. The number of nitrogens with zero attached hydrogens (tertiary/aromatic N) is 1. The molecule has 5 rings (SSSR count). The van der Waals surface area contributed by atoms with Crippen molar-refractivity contribution >= 4 is 34.7 Å². The Kier molecular flexibility index (Phi) is 8.02. The zero-order chi connectivity index (χ0) is 29.5. The van der Waals surface area contributed by atoms with Gasteiger partial charge in [0.25, 0.3) is 18.4 Å². The molecular weight excluding hydrogens is 558 g/mol. The van der Waals surface area contributed by atoms with E-state index in [4.69, 9.17) is 8.61 Å². The number of hydrogen-bond donors (Lipinski definition) is 0. The van der Waals surface area contributed by atoms with Crippen molar-refractivity contribution in [2.45, 2.75) is 62.2 Å². The van der Waals surface area contributed by atoms with Crippen LogP contribution in [-0.4, -0.2) is 59.0 Å². The Morgan fingerprint density at radius 2 is 1.49 bits per heavy atom. The summed E-state index contributed by atoms with van der Waals surface area (Å²) in [6.07, 6.45) is -0.744. The standard InChI is InChI=1S/C32H38FNO5SSi/c1-24-15-17-27(18-16-24)40(36,37)38-22-25-19-32(20-26(33)21-34(32)30(25)35)23-39-41(31(2,3)4,28-11-7-5-8-12-28)29-13-9-6-10-14-29/h5-18,25-26H,19-23H2,1-4H3/t25-,26-,32+/m1/s1. The summed E-state index contributed by atoms with van der Waals surface area (Å²) in [5, 5.41) is 1.92. The second kappa shape index (κ2) is 11.1. The molecule has 0 spiro atoms. The van der Waals surface area contributed by atoms with Gasteiger partial charge in [-0.25, -0.2) is 4.39 Å². The third-order valence-corrected chi connectivity index (χ3v) is 14.8. The molecule has 6 nitrogen and oxygen atoms in total. The lowest BCUT2D eigenvalue weighted by atomic mass is 9.91. The number of hydrogen-bond acceptors (Lipinski definition) is 5. The first-order chi connectivity index (χ1) is 19.4. The van der Waals surface area contributed by atoms with Crippen LogP contribution >= 0.6 is 0 Å². The molecule has 9 heteroatoms. The molecule has 3 atom stereocenters. The molecule has 0 unspecified atom stereocenters. The summed E-state index contributed by atoms with van der Waals surface area (Å²) in [7, 11) is -6.97. The van der Waals surface area contributed by atoms with Gasteiger partial charge in [0.2, 0.25) is 5.91 Å². The minimum Gasteiger partial charge on any atom is -0.405 e. The average molecular weight is 596 g/mol. The fourth-order valence-corrected chi connectivity index (χ4v) is 12.1. The highest BCUT2D eigenvalue weighted by atomic mass is 32.2. The molecule has 0 aromatic heterocycles. The lowest BCUT2D eigenvalue weighted by Crippen LogP contribution is -2.68. The average Bonchev–Trinajstić information content (AvgIpc) is 3.39. The van der Waals surface area contributed by atoms with Crippen LogP contribution in [0.3, 0.4) is 0 Å². The van der Waals surface area contributed by atoms with Crippen LogP contribution < -0.4 is 10.4 Å². The summed E-state index contributed by atoms with van der Waals surface area (Å²) in [6.45, 7) is 8.24. The van der Waals surface area contributed by atoms with E-state index in [0.29, 0.717) is 0 Å². The third kappa shape index (κ3) is 5.52. The van der Waals surface area contributed by atoms with Crippen molar-refractivity contribution < 1.29 is 26.2 Å². The van der Waals surface area contributed by atoms with Crippen LogP contribution in [-0.2, 0) is 23.5 Å². The molecular formula is C32H38FNO5SSi. The van der Waals surface area contributed by atoms with Crippen LogP contribution in [0.25, 0.3) is 0 Å². The van der Waals surface area contributed by atoms with Gasteiger partial charge in [0.05, 0.1) is 36.1 Å². The van der Waals surface area contributed by atoms with Gasteiger partial charge < -0.3 is 9.33 Å². The van der Waals surface area contributed by atoms with Crippen LogP contribution in [0, 0.1) is 12.8 Å². The van der Waals surface area contributed by atoms with E-state index in [1.807, 2.05) is 43.3 Å². The number of aryl methyl sites for hydroxylation is 1. The van der Waals surface area contributed by atoms with Crippen molar-refractivity contribution in [1.29, 1.82) is 0 Å². The Bertz CT molecular complexity index is 1440. The minimum absolute atomic E-state index is 0.0237. The number of alkyl halides is 1. The molecule has 2 aliphatic heterocycles. The number of carbonyl (C=O) groups is 1. The summed E-state index contributed by atoms with van der Waals surface area (Å²) in [5.41, 5.74) is 0.0599. The minimum atomic E-state index is -4.04. The third-order valence-electron chi connectivity index (χ3n) is 8.50. The highest BCUT2D eigenvalue weighted by Crippen LogP contribution is 2.46. The number of halogens is 1. The van der Waals surface area contributed by atoms with Gasteiger partial charge in [0.1, 0.15) is 6.17 Å². The number of benzene rings is 3. The van der Waals surface area contributed by atoms with Gasteiger partial charge in [-0.2, -0.15) is 8.42 Å². The molecule has 2 saturated heterocycles. The van der Waals surface area contributed by atoms with Crippen molar-refractivity contribution in [3.63, 3.8) is 0 Å². The molecule has 0 N–H and O–H groups in total. The van der Waals surface area contributed by atoms with E-state index in [1.54, 1.807) is 17.0 Å². The number of amides is 1. The summed E-state index contributed by atoms with van der Waals surface area (Å²) in [6, 6.07) is 26.8. The van der Waals surface area contributed by atoms with Crippen molar-refractivity contribution in [2.24, 2.45) is 5.92 Å². The first kappa shape index (κ1) is 29.6. The maximum Gasteiger partial charge on any atom is 0.296 e. The molecule has 2 fully saturated rings. The van der Waals surface area contributed by atoms with E-state index in [1.165, 1.54) is 12.1 Å². The SMILES string of the molecule is Cc1ccc(S(=O)(=O)OC[C@H]2C[C@@]3(CO[Si](c4ccccc4)(c4ccccc4)C(C)(C)C)C[C@@H](F)CN3C2=O)cc1. The van der Waals surface area contributed by atoms with Crippen LogP contribution in [0.2, 0.25) is 5.04 Å². The largest absolute Gasteiger partial charge is 0.405 e. The summed E-state index contributed by atoms with van der Waals surface area (Å²) < 4.78 is 53.2. The molecule has 2 heterocycles. The van der Waals surface area contributed by atoms with Crippen molar-refractivity contribution in [1.82, 2.24) is 4.90 Å². The summed E-state index contributed by atoms with van der Waals surface area (Å²) >= 11 is 0. The van der Waals surface area contributed by atoms with Gasteiger partial charge in [0, 0.05) is 6.42 Å². The van der Waals surface area contributed by atoms with Crippen molar-refractivity contribution in [3.8, 4) is 0 Å². The zero-order valence-corrected chi connectivity index (χ0v) is 25.9. The first-order valence-electron chi connectivity index (χ1n) is 14.0. The Morgan fingerprint density at radius 3 is 2.02 bits per heavy atom. The highest BCUT2D eigenvalue weighted by molar-refractivity contribution is 7.86. The van der Waals surface area contributed by atoms with E-state index in [2.05, 4.69) is 45.0 Å². The molecule has 1 amide bonds. The summed E-state index contributed by atoms with van der Waals surface area (Å²) in [5.74, 6) is -0.985. The van der Waals surface area contributed by atoms with Crippen LogP contribution in [0.15, 0.2) is 89.8 Å². The van der Waals surface area contributed by atoms with Gasteiger partial charge >= 0.3 is 0 Å².